The zero-order chi connectivity index (χ0) is 13.2. The molecule has 0 radical (unpaired) electrons. The molecule has 2 aromatic carbocycles. The molecular weight excluding hydrogens is 241 g/mol. The summed E-state index contributed by atoms with van der Waals surface area (Å²) in [6.07, 6.45) is 1.01. The predicted molar refractivity (Wildman–Crippen MR) is 73.8 cm³/mol. The number of rotatable bonds is 2. The molecule has 19 heavy (non-hydrogen) atoms. The first kappa shape index (κ1) is 12.2. The Balaban J connectivity index is 2.19. The summed E-state index contributed by atoms with van der Waals surface area (Å²) in [7, 11) is 1.62. The van der Waals surface area contributed by atoms with Gasteiger partial charge < -0.3 is 10.1 Å². The quantitative estimate of drug-likeness (QED) is 0.892. The molecule has 1 aliphatic heterocycles. The van der Waals surface area contributed by atoms with Crippen molar-refractivity contribution in [3.63, 3.8) is 0 Å². The number of methoxy groups -OCH3 is 1. The van der Waals surface area contributed by atoms with Gasteiger partial charge in [-0.2, -0.15) is 0 Å². The smallest absolute Gasteiger partial charge is 0.126 e. The first-order valence-electron chi connectivity index (χ1n) is 6.45. The number of halogens is 1. The molecule has 98 valence electrons. The Kier molecular flexibility index (Phi) is 3.22. The zero-order valence-corrected chi connectivity index (χ0v) is 10.9. The van der Waals surface area contributed by atoms with Crippen LogP contribution in [0.15, 0.2) is 36.4 Å². The van der Waals surface area contributed by atoms with E-state index >= 15 is 0 Å². The third-order valence-electron chi connectivity index (χ3n) is 3.60. The van der Waals surface area contributed by atoms with E-state index in [1.807, 2.05) is 12.1 Å². The first-order chi connectivity index (χ1) is 9.29. The van der Waals surface area contributed by atoms with Crippen molar-refractivity contribution in [2.45, 2.75) is 13.0 Å². The molecule has 0 spiro atoms. The van der Waals surface area contributed by atoms with Gasteiger partial charge in [-0.05, 0) is 47.9 Å². The molecule has 2 aromatic rings. The molecule has 1 heterocycles. The van der Waals surface area contributed by atoms with Crippen LogP contribution in [0.5, 0.6) is 5.75 Å². The maximum Gasteiger partial charge on any atom is 0.126 e. The molecule has 0 atom stereocenters. The van der Waals surface area contributed by atoms with Crippen LogP contribution in [0, 0.1) is 5.82 Å². The van der Waals surface area contributed by atoms with Crippen LogP contribution in [-0.4, -0.2) is 13.7 Å². The van der Waals surface area contributed by atoms with Gasteiger partial charge in [0.25, 0.3) is 0 Å². The van der Waals surface area contributed by atoms with E-state index in [0.717, 1.165) is 30.6 Å². The molecule has 0 aliphatic carbocycles. The van der Waals surface area contributed by atoms with Gasteiger partial charge >= 0.3 is 0 Å². The van der Waals surface area contributed by atoms with Crippen LogP contribution < -0.4 is 10.1 Å². The SMILES string of the molecule is COc1ccc(F)cc1-c1cccc2c1CNCC2. The lowest BCUT2D eigenvalue weighted by molar-refractivity contribution is 0.415. The van der Waals surface area contributed by atoms with Crippen LogP contribution in [0.2, 0.25) is 0 Å². The van der Waals surface area contributed by atoms with Gasteiger partial charge in [0.05, 0.1) is 7.11 Å². The highest BCUT2D eigenvalue weighted by molar-refractivity contribution is 5.74. The molecule has 3 rings (SSSR count). The van der Waals surface area contributed by atoms with E-state index in [1.54, 1.807) is 19.2 Å². The van der Waals surface area contributed by atoms with Gasteiger partial charge in [0.2, 0.25) is 0 Å². The summed E-state index contributed by atoms with van der Waals surface area (Å²) in [5, 5.41) is 3.37. The second-order valence-electron chi connectivity index (χ2n) is 4.71. The fourth-order valence-electron chi connectivity index (χ4n) is 2.66. The number of benzene rings is 2. The highest BCUT2D eigenvalue weighted by Gasteiger charge is 2.16. The summed E-state index contributed by atoms with van der Waals surface area (Å²) in [5.41, 5.74) is 4.46. The Morgan fingerprint density at radius 3 is 2.89 bits per heavy atom. The highest BCUT2D eigenvalue weighted by atomic mass is 19.1. The monoisotopic (exact) mass is 257 g/mol. The van der Waals surface area contributed by atoms with Gasteiger partial charge in [0.1, 0.15) is 11.6 Å². The molecule has 0 amide bonds. The van der Waals surface area contributed by atoms with Crippen molar-refractivity contribution in [2.24, 2.45) is 0 Å². The second kappa shape index (κ2) is 5.02. The fourth-order valence-corrected chi connectivity index (χ4v) is 2.66. The molecular formula is C16H16FNO. The Morgan fingerprint density at radius 2 is 2.05 bits per heavy atom. The third-order valence-corrected chi connectivity index (χ3v) is 3.60. The van der Waals surface area contributed by atoms with Crippen molar-refractivity contribution < 1.29 is 9.13 Å². The standard InChI is InChI=1S/C16H16FNO/c1-19-16-6-5-12(17)9-14(16)13-4-2-3-11-7-8-18-10-15(11)13/h2-6,9,18H,7-8,10H2,1H3. The van der Waals surface area contributed by atoms with E-state index in [-0.39, 0.29) is 5.82 Å². The Hall–Kier alpha value is -1.87. The molecule has 0 aromatic heterocycles. The molecule has 1 aliphatic rings. The van der Waals surface area contributed by atoms with Gasteiger partial charge in [-0.3, -0.25) is 0 Å². The summed E-state index contributed by atoms with van der Waals surface area (Å²) in [6, 6.07) is 10.9. The summed E-state index contributed by atoms with van der Waals surface area (Å²) in [4.78, 5) is 0. The molecule has 2 nitrogen and oxygen atoms in total. The van der Waals surface area contributed by atoms with E-state index < -0.39 is 0 Å². The largest absolute Gasteiger partial charge is 0.496 e. The number of hydrogen-bond donors (Lipinski definition) is 1. The lowest BCUT2D eigenvalue weighted by atomic mass is 9.91. The van der Waals surface area contributed by atoms with Crippen molar-refractivity contribution in [3.8, 4) is 16.9 Å². The zero-order valence-electron chi connectivity index (χ0n) is 10.9. The van der Waals surface area contributed by atoms with Crippen LogP contribution in [0.3, 0.4) is 0 Å². The van der Waals surface area contributed by atoms with E-state index in [0.29, 0.717) is 5.75 Å². The molecule has 0 unspecified atom stereocenters. The highest BCUT2D eigenvalue weighted by Crippen LogP contribution is 2.35. The average molecular weight is 257 g/mol. The van der Waals surface area contributed by atoms with E-state index in [2.05, 4.69) is 11.4 Å². The van der Waals surface area contributed by atoms with E-state index in [9.17, 15) is 4.39 Å². The fraction of sp³-hybridized carbons (Fsp3) is 0.250. The van der Waals surface area contributed by atoms with Crippen molar-refractivity contribution in [3.05, 3.63) is 53.3 Å². The Labute approximate surface area is 112 Å². The average Bonchev–Trinajstić information content (AvgIpc) is 2.46. The summed E-state index contributed by atoms with van der Waals surface area (Å²) >= 11 is 0. The van der Waals surface area contributed by atoms with Crippen molar-refractivity contribution in [1.82, 2.24) is 5.32 Å². The van der Waals surface area contributed by atoms with Gasteiger partial charge in [0.15, 0.2) is 0 Å². The van der Waals surface area contributed by atoms with E-state index in [1.165, 1.54) is 17.2 Å². The minimum Gasteiger partial charge on any atom is -0.496 e. The molecule has 0 saturated carbocycles. The third kappa shape index (κ3) is 2.22. The lowest BCUT2D eigenvalue weighted by Crippen LogP contribution is -2.24. The first-order valence-corrected chi connectivity index (χ1v) is 6.45. The van der Waals surface area contributed by atoms with Crippen LogP contribution >= 0.6 is 0 Å². The topological polar surface area (TPSA) is 21.3 Å². The molecule has 0 fully saturated rings. The second-order valence-corrected chi connectivity index (χ2v) is 4.71. The maximum atomic E-state index is 13.5. The van der Waals surface area contributed by atoms with Crippen molar-refractivity contribution in [2.75, 3.05) is 13.7 Å². The van der Waals surface area contributed by atoms with Crippen LogP contribution in [0.4, 0.5) is 4.39 Å². The number of fused-ring (bicyclic) bond motifs is 1. The minimum absolute atomic E-state index is 0.239. The van der Waals surface area contributed by atoms with Gasteiger partial charge in [-0.1, -0.05) is 18.2 Å². The number of nitrogens with one attached hydrogen (secondary N) is 1. The van der Waals surface area contributed by atoms with Crippen LogP contribution in [-0.2, 0) is 13.0 Å². The summed E-state index contributed by atoms with van der Waals surface area (Å²) < 4.78 is 18.9. The molecule has 0 bridgehead atoms. The summed E-state index contributed by atoms with van der Waals surface area (Å²) in [5.74, 6) is 0.470. The van der Waals surface area contributed by atoms with Gasteiger partial charge in [-0.15, -0.1) is 0 Å². The Morgan fingerprint density at radius 1 is 1.16 bits per heavy atom. The predicted octanol–water partition coefficient (Wildman–Crippen LogP) is 3.15. The normalized spacial score (nSPS) is 14.0. The maximum absolute atomic E-state index is 13.5. The Bertz CT molecular complexity index is 610. The lowest BCUT2D eigenvalue weighted by Gasteiger charge is -2.21. The van der Waals surface area contributed by atoms with Gasteiger partial charge in [-0.25, -0.2) is 4.39 Å². The molecule has 1 N–H and O–H groups in total. The van der Waals surface area contributed by atoms with Crippen molar-refractivity contribution >= 4 is 0 Å². The summed E-state index contributed by atoms with van der Waals surface area (Å²) in [6.45, 7) is 1.82. The molecule has 3 heteroatoms. The minimum atomic E-state index is -0.239. The van der Waals surface area contributed by atoms with Crippen LogP contribution in [0.1, 0.15) is 11.1 Å². The number of ether oxygens (including phenoxy) is 1. The number of hydrogen-bond acceptors (Lipinski definition) is 2. The van der Waals surface area contributed by atoms with Crippen molar-refractivity contribution in [1.29, 1.82) is 0 Å². The molecule has 0 saturated heterocycles. The van der Waals surface area contributed by atoms with Gasteiger partial charge in [0, 0.05) is 12.1 Å². The van der Waals surface area contributed by atoms with E-state index in [4.69, 9.17) is 4.74 Å². The van der Waals surface area contributed by atoms with Crippen LogP contribution in [0.25, 0.3) is 11.1 Å².